The van der Waals surface area contributed by atoms with Crippen LogP contribution in [0.15, 0.2) is 0 Å². The summed E-state index contributed by atoms with van der Waals surface area (Å²) in [7, 11) is 0. The summed E-state index contributed by atoms with van der Waals surface area (Å²) in [5, 5.41) is 0. The van der Waals surface area contributed by atoms with E-state index in [4.69, 9.17) is 5.73 Å². The predicted molar refractivity (Wildman–Crippen MR) is 89.8 cm³/mol. The molecule has 1 fully saturated rings. The molecule has 0 heterocycles. The molecule has 0 bridgehead atoms. The molecule has 3 unspecified atom stereocenters. The lowest BCUT2D eigenvalue weighted by Gasteiger charge is -2.48. The van der Waals surface area contributed by atoms with E-state index in [1.807, 2.05) is 0 Å². The standard InChI is InChI=1S/C18H38N2/c1-7-15(8-2)12-20(9-3)13-16-10-11-17(19)14(4)18(16,5)6/h14-17H,7-13,19H2,1-6H3. The lowest BCUT2D eigenvalue weighted by Crippen LogP contribution is -2.50. The van der Waals surface area contributed by atoms with Crippen molar-refractivity contribution in [2.75, 3.05) is 19.6 Å². The van der Waals surface area contributed by atoms with Crippen LogP contribution >= 0.6 is 0 Å². The summed E-state index contributed by atoms with van der Waals surface area (Å²) in [6.07, 6.45) is 5.13. The Morgan fingerprint density at radius 2 is 1.75 bits per heavy atom. The Labute approximate surface area is 127 Å². The first-order valence-electron chi connectivity index (χ1n) is 8.84. The van der Waals surface area contributed by atoms with E-state index in [2.05, 4.69) is 46.4 Å². The third-order valence-electron chi connectivity index (χ3n) is 6.31. The fourth-order valence-electron chi connectivity index (χ4n) is 3.82. The van der Waals surface area contributed by atoms with E-state index in [0.29, 0.717) is 17.4 Å². The predicted octanol–water partition coefficient (Wildman–Crippen LogP) is 4.14. The highest BCUT2D eigenvalue weighted by atomic mass is 15.1. The van der Waals surface area contributed by atoms with Crippen LogP contribution in [-0.4, -0.2) is 30.6 Å². The van der Waals surface area contributed by atoms with E-state index in [9.17, 15) is 0 Å². The average Bonchev–Trinajstić information content (AvgIpc) is 2.43. The molecule has 1 rings (SSSR count). The Kier molecular flexibility index (Phi) is 7.00. The molecule has 0 aromatic heterocycles. The van der Waals surface area contributed by atoms with E-state index in [1.165, 1.54) is 45.3 Å². The smallest absolute Gasteiger partial charge is 0.00698 e. The molecule has 1 saturated carbocycles. The summed E-state index contributed by atoms with van der Waals surface area (Å²) < 4.78 is 0. The van der Waals surface area contributed by atoms with Gasteiger partial charge in [-0.2, -0.15) is 0 Å². The van der Waals surface area contributed by atoms with E-state index >= 15 is 0 Å². The van der Waals surface area contributed by atoms with Gasteiger partial charge in [0.15, 0.2) is 0 Å². The SMILES string of the molecule is CCC(CC)CN(CC)CC1CCC(N)C(C)C1(C)C. The molecular formula is C18H38N2. The maximum Gasteiger partial charge on any atom is 0.00698 e. The van der Waals surface area contributed by atoms with Crippen LogP contribution in [0.2, 0.25) is 0 Å². The van der Waals surface area contributed by atoms with E-state index < -0.39 is 0 Å². The Hall–Kier alpha value is -0.0800. The van der Waals surface area contributed by atoms with Gasteiger partial charge in [-0.25, -0.2) is 0 Å². The van der Waals surface area contributed by atoms with E-state index in [-0.39, 0.29) is 0 Å². The van der Waals surface area contributed by atoms with Crippen LogP contribution in [0.25, 0.3) is 0 Å². The van der Waals surface area contributed by atoms with Crippen molar-refractivity contribution in [1.29, 1.82) is 0 Å². The molecule has 0 radical (unpaired) electrons. The van der Waals surface area contributed by atoms with Gasteiger partial charge in [-0.15, -0.1) is 0 Å². The molecule has 1 aliphatic carbocycles. The number of nitrogens with two attached hydrogens (primary N) is 1. The van der Waals surface area contributed by atoms with Crippen molar-refractivity contribution in [2.24, 2.45) is 28.9 Å². The third-order valence-corrected chi connectivity index (χ3v) is 6.31. The zero-order chi connectivity index (χ0) is 15.3. The summed E-state index contributed by atoms with van der Waals surface area (Å²) in [6, 6.07) is 0.398. The van der Waals surface area contributed by atoms with Gasteiger partial charge >= 0.3 is 0 Å². The summed E-state index contributed by atoms with van der Waals surface area (Å²) in [5.74, 6) is 2.29. The molecular weight excluding hydrogens is 244 g/mol. The van der Waals surface area contributed by atoms with Crippen molar-refractivity contribution in [3.05, 3.63) is 0 Å². The minimum atomic E-state index is 0.374. The molecule has 0 aromatic carbocycles. The second-order valence-corrected chi connectivity index (χ2v) is 7.58. The van der Waals surface area contributed by atoms with Crippen LogP contribution in [0, 0.1) is 23.2 Å². The average molecular weight is 283 g/mol. The van der Waals surface area contributed by atoms with Gasteiger partial charge in [0.25, 0.3) is 0 Å². The second kappa shape index (κ2) is 7.79. The van der Waals surface area contributed by atoms with Gasteiger partial charge in [0, 0.05) is 19.1 Å². The molecule has 0 spiro atoms. The molecule has 0 saturated heterocycles. The van der Waals surface area contributed by atoms with Crippen molar-refractivity contribution in [3.63, 3.8) is 0 Å². The Morgan fingerprint density at radius 3 is 2.25 bits per heavy atom. The van der Waals surface area contributed by atoms with Crippen molar-refractivity contribution in [2.45, 2.75) is 73.3 Å². The first-order chi connectivity index (χ1) is 9.36. The van der Waals surface area contributed by atoms with Crippen molar-refractivity contribution < 1.29 is 0 Å². The van der Waals surface area contributed by atoms with Gasteiger partial charge in [-0.1, -0.05) is 54.4 Å². The lowest BCUT2D eigenvalue weighted by atomic mass is 9.61. The largest absolute Gasteiger partial charge is 0.327 e. The van der Waals surface area contributed by atoms with Crippen LogP contribution in [0.3, 0.4) is 0 Å². The van der Waals surface area contributed by atoms with Crippen molar-refractivity contribution in [1.82, 2.24) is 4.90 Å². The van der Waals surface area contributed by atoms with Gasteiger partial charge in [0.05, 0.1) is 0 Å². The van der Waals surface area contributed by atoms with Crippen molar-refractivity contribution >= 4 is 0 Å². The fraction of sp³-hybridized carbons (Fsp3) is 1.00. The highest BCUT2D eigenvalue weighted by Gasteiger charge is 2.41. The zero-order valence-corrected chi connectivity index (χ0v) is 14.8. The minimum Gasteiger partial charge on any atom is -0.327 e. The molecule has 2 N–H and O–H groups in total. The van der Waals surface area contributed by atoms with Crippen LogP contribution < -0.4 is 5.73 Å². The Bertz CT molecular complexity index is 271. The lowest BCUT2D eigenvalue weighted by molar-refractivity contribution is 0.0262. The minimum absolute atomic E-state index is 0.374. The van der Waals surface area contributed by atoms with Gasteiger partial charge in [-0.05, 0) is 42.6 Å². The maximum absolute atomic E-state index is 6.29. The molecule has 20 heavy (non-hydrogen) atoms. The zero-order valence-electron chi connectivity index (χ0n) is 14.8. The first kappa shape index (κ1) is 18.0. The number of hydrogen-bond donors (Lipinski definition) is 1. The molecule has 0 aromatic rings. The Morgan fingerprint density at radius 1 is 1.15 bits per heavy atom. The quantitative estimate of drug-likeness (QED) is 0.760. The molecule has 2 heteroatoms. The molecule has 3 atom stereocenters. The van der Waals surface area contributed by atoms with Gasteiger partial charge < -0.3 is 10.6 Å². The van der Waals surface area contributed by atoms with Gasteiger partial charge in [0.1, 0.15) is 0 Å². The summed E-state index contributed by atoms with van der Waals surface area (Å²) in [6.45, 7) is 17.9. The number of rotatable bonds is 7. The second-order valence-electron chi connectivity index (χ2n) is 7.58. The monoisotopic (exact) mass is 282 g/mol. The van der Waals surface area contributed by atoms with Gasteiger partial charge in [-0.3, -0.25) is 0 Å². The van der Waals surface area contributed by atoms with Gasteiger partial charge in [0.2, 0.25) is 0 Å². The van der Waals surface area contributed by atoms with Crippen LogP contribution in [0.5, 0.6) is 0 Å². The van der Waals surface area contributed by atoms with Crippen LogP contribution in [-0.2, 0) is 0 Å². The maximum atomic E-state index is 6.29. The normalized spacial score (nSPS) is 30.1. The topological polar surface area (TPSA) is 29.3 Å². The van der Waals surface area contributed by atoms with Crippen molar-refractivity contribution in [3.8, 4) is 0 Å². The number of nitrogens with zero attached hydrogens (tertiary/aromatic N) is 1. The van der Waals surface area contributed by atoms with Crippen LogP contribution in [0.4, 0.5) is 0 Å². The highest BCUT2D eigenvalue weighted by Crippen LogP contribution is 2.44. The number of hydrogen-bond acceptors (Lipinski definition) is 2. The molecule has 0 amide bonds. The summed E-state index contributed by atoms with van der Waals surface area (Å²) in [5.41, 5.74) is 6.66. The fourth-order valence-corrected chi connectivity index (χ4v) is 3.82. The Balaban J connectivity index is 2.64. The molecule has 0 aliphatic heterocycles. The first-order valence-corrected chi connectivity index (χ1v) is 8.84. The summed E-state index contributed by atoms with van der Waals surface area (Å²) >= 11 is 0. The van der Waals surface area contributed by atoms with E-state index in [0.717, 1.165) is 11.8 Å². The third kappa shape index (κ3) is 4.21. The summed E-state index contributed by atoms with van der Waals surface area (Å²) in [4.78, 5) is 2.69. The molecule has 2 nitrogen and oxygen atoms in total. The highest BCUT2D eigenvalue weighted by molar-refractivity contribution is 4.94. The molecule has 1 aliphatic rings. The van der Waals surface area contributed by atoms with Crippen LogP contribution in [0.1, 0.15) is 67.2 Å². The van der Waals surface area contributed by atoms with E-state index in [1.54, 1.807) is 0 Å². The molecule has 120 valence electrons.